The normalized spacial score (nSPS) is 17.1. The molecule has 1 N–H and O–H groups in total. The first-order valence-corrected chi connectivity index (χ1v) is 7.94. The van der Waals surface area contributed by atoms with Crippen molar-refractivity contribution in [3.63, 3.8) is 0 Å². The Morgan fingerprint density at radius 1 is 1.05 bits per heavy atom. The smallest absolute Gasteiger partial charge is 0.251 e. The molecule has 0 bridgehead atoms. The van der Waals surface area contributed by atoms with Crippen LogP contribution in [0.5, 0.6) is 0 Å². The lowest BCUT2D eigenvalue weighted by Crippen LogP contribution is -2.27. The van der Waals surface area contributed by atoms with Crippen LogP contribution in [0.4, 0.5) is 0 Å². The number of carbonyl (C=O) groups excluding carboxylic acids is 1. The zero-order valence-corrected chi connectivity index (χ0v) is 13.5. The molecule has 1 aliphatic carbocycles. The Balaban J connectivity index is 1.73. The molecule has 1 aliphatic rings. The summed E-state index contributed by atoms with van der Waals surface area (Å²) in [5.74, 6) is 0.0159. The molecular formula is C20H23NO. The number of aryl methyl sites for hydroxylation is 1. The van der Waals surface area contributed by atoms with Gasteiger partial charge in [0.15, 0.2) is 0 Å². The molecule has 22 heavy (non-hydrogen) atoms. The molecule has 0 fully saturated rings. The molecule has 0 aromatic heterocycles. The van der Waals surface area contributed by atoms with Gasteiger partial charge in [0.1, 0.15) is 0 Å². The van der Waals surface area contributed by atoms with Crippen molar-refractivity contribution in [1.82, 2.24) is 5.32 Å². The summed E-state index contributed by atoms with van der Waals surface area (Å²) in [4.78, 5) is 12.5. The molecule has 0 saturated carbocycles. The fourth-order valence-electron chi connectivity index (χ4n) is 3.07. The number of hydrogen-bond acceptors (Lipinski definition) is 1. The van der Waals surface area contributed by atoms with Gasteiger partial charge in [0, 0.05) is 5.56 Å². The van der Waals surface area contributed by atoms with Crippen LogP contribution in [0.25, 0.3) is 0 Å². The van der Waals surface area contributed by atoms with E-state index in [0.29, 0.717) is 0 Å². The maximum atomic E-state index is 12.5. The second-order valence-electron chi connectivity index (χ2n) is 7.09. The van der Waals surface area contributed by atoms with Gasteiger partial charge in [0.25, 0.3) is 5.91 Å². The Bertz CT molecular complexity index is 680. The van der Waals surface area contributed by atoms with Crippen LogP contribution in [0.15, 0.2) is 48.5 Å². The van der Waals surface area contributed by atoms with Crippen LogP contribution < -0.4 is 5.32 Å². The fraction of sp³-hybridized carbons (Fsp3) is 0.350. The van der Waals surface area contributed by atoms with Crippen molar-refractivity contribution < 1.29 is 4.79 Å². The summed E-state index contributed by atoms with van der Waals surface area (Å²) in [6, 6.07) is 16.5. The minimum atomic E-state index is 0.0159. The third-order valence-electron chi connectivity index (χ3n) is 4.45. The third-order valence-corrected chi connectivity index (χ3v) is 4.45. The number of carbonyl (C=O) groups is 1. The standard InChI is InChI=1S/C20H23NO/c1-20(2,3)16-11-8-15(9-12-16)19(22)21-18-13-10-14-6-4-5-7-17(14)18/h4-9,11-12,18H,10,13H2,1-3H3,(H,21,22). The van der Waals surface area contributed by atoms with Crippen LogP contribution >= 0.6 is 0 Å². The van der Waals surface area contributed by atoms with Gasteiger partial charge in [-0.1, -0.05) is 57.2 Å². The Labute approximate surface area is 132 Å². The second kappa shape index (κ2) is 5.60. The molecule has 0 radical (unpaired) electrons. The van der Waals surface area contributed by atoms with Crippen molar-refractivity contribution in [1.29, 1.82) is 0 Å². The van der Waals surface area contributed by atoms with Gasteiger partial charge >= 0.3 is 0 Å². The monoisotopic (exact) mass is 293 g/mol. The number of rotatable bonds is 2. The molecule has 0 spiro atoms. The van der Waals surface area contributed by atoms with E-state index >= 15 is 0 Å². The SMILES string of the molecule is CC(C)(C)c1ccc(C(=O)NC2CCc3ccccc32)cc1. The molecule has 2 nitrogen and oxygen atoms in total. The average molecular weight is 293 g/mol. The van der Waals surface area contributed by atoms with Gasteiger partial charge in [-0.05, 0) is 47.1 Å². The van der Waals surface area contributed by atoms with Crippen molar-refractivity contribution in [2.75, 3.05) is 0 Å². The second-order valence-corrected chi connectivity index (χ2v) is 7.09. The molecule has 1 amide bonds. The van der Waals surface area contributed by atoms with Crippen molar-refractivity contribution in [2.24, 2.45) is 0 Å². The topological polar surface area (TPSA) is 29.1 Å². The van der Waals surface area contributed by atoms with E-state index < -0.39 is 0 Å². The van der Waals surface area contributed by atoms with Gasteiger partial charge in [0.05, 0.1) is 6.04 Å². The van der Waals surface area contributed by atoms with Gasteiger partial charge < -0.3 is 5.32 Å². The van der Waals surface area contributed by atoms with Gasteiger partial charge in [-0.2, -0.15) is 0 Å². The van der Waals surface area contributed by atoms with Gasteiger partial charge in [-0.3, -0.25) is 4.79 Å². The minimum absolute atomic E-state index is 0.0159. The highest BCUT2D eigenvalue weighted by molar-refractivity contribution is 5.94. The zero-order valence-electron chi connectivity index (χ0n) is 13.5. The number of amides is 1. The van der Waals surface area contributed by atoms with Crippen molar-refractivity contribution in [3.05, 3.63) is 70.8 Å². The number of nitrogens with one attached hydrogen (secondary N) is 1. The Morgan fingerprint density at radius 3 is 2.41 bits per heavy atom. The van der Waals surface area contributed by atoms with E-state index in [0.717, 1.165) is 18.4 Å². The van der Waals surface area contributed by atoms with E-state index in [2.05, 4.69) is 56.4 Å². The highest BCUT2D eigenvalue weighted by Crippen LogP contribution is 2.31. The van der Waals surface area contributed by atoms with Crippen LogP contribution in [0, 0.1) is 0 Å². The number of hydrogen-bond donors (Lipinski definition) is 1. The molecule has 0 heterocycles. The van der Waals surface area contributed by atoms with E-state index in [1.165, 1.54) is 16.7 Å². The summed E-state index contributed by atoms with van der Waals surface area (Å²) < 4.78 is 0. The highest BCUT2D eigenvalue weighted by atomic mass is 16.1. The first kappa shape index (κ1) is 14.8. The molecule has 2 aromatic rings. The molecule has 114 valence electrons. The summed E-state index contributed by atoms with van der Waals surface area (Å²) in [6.07, 6.45) is 2.04. The summed E-state index contributed by atoms with van der Waals surface area (Å²) in [5.41, 5.74) is 4.71. The lowest BCUT2D eigenvalue weighted by molar-refractivity contribution is 0.0936. The van der Waals surface area contributed by atoms with Gasteiger partial charge in [-0.25, -0.2) is 0 Å². The first-order chi connectivity index (χ1) is 10.4. The molecular weight excluding hydrogens is 270 g/mol. The van der Waals surface area contributed by atoms with E-state index in [1.54, 1.807) is 0 Å². The number of fused-ring (bicyclic) bond motifs is 1. The zero-order chi connectivity index (χ0) is 15.7. The summed E-state index contributed by atoms with van der Waals surface area (Å²) >= 11 is 0. The molecule has 2 heteroatoms. The predicted molar refractivity (Wildman–Crippen MR) is 90.1 cm³/mol. The molecule has 0 saturated heterocycles. The summed E-state index contributed by atoms with van der Waals surface area (Å²) in [6.45, 7) is 6.53. The third kappa shape index (κ3) is 2.92. The maximum Gasteiger partial charge on any atom is 0.251 e. The van der Waals surface area contributed by atoms with Gasteiger partial charge in [0.2, 0.25) is 0 Å². The van der Waals surface area contributed by atoms with Crippen LogP contribution in [-0.2, 0) is 11.8 Å². The van der Waals surface area contributed by atoms with Crippen molar-refractivity contribution >= 4 is 5.91 Å². The quantitative estimate of drug-likeness (QED) is 0.873. The lowest BCUT2D eigenvalue weighted by Gasteiger charge is -2.19. The molecule has 0 aliphatic heterocycles. The largest absolute Gasteiger partial charge is 0.345 e. The molecule has 3 rings (SSSR count). The first-order valence-electron chi connectivity index (χ1n) is 7.94. The van der Waals surface area contributed by atoms with Crippen LogP contribution in [0.3, 0.4) is 0 Å². The van der Waals surface area contributed by atoms with E-state index in [1.807, 2.05) is 18.2 Å². The van der Waals surface area contributed by atoms with Crippen LogP contribution in [-0.4, -0.2) is 5.91 Å². The Hall–Kier alpha value is -2.09. The van der Waals surface area contributed by atoms with E-state index in [-0.39, 0.29) is 17.4 Å². The molecule has 1 atom stereocenters. The molecule has 2 aromatic carbocycles. The molecule has 1 unspecified atom stereocenters. The van der Waals surface area contributed by atoms with E-state index in [4.69, 9.17) is 0 Å². The Kier molecular flexibility index (Phi) is 3.78. The minimum Gasteiger partial charge on any atom is -0.345 e. The fourth-order valence-corrected chi connectivity index (χ4v) is 3.07. The van der Waals surface area contributed by atoms with E-state index in [9.17, 15) is 4.79 Å². The summed E-state index contributed by atoms with van der Waals surface area (Å²) in [7, 11) is 0. The average Bonchev–Trinajstić information content (AvgIpc) is 2.90. The number of benzene rings is 2. The lowest BCUT2D eigenvalue weighted by atomic mass is 9.86. The van der Waals surface area contributed by atoms with Crippen LogP contribution in [0.1, 0.15) is 60.3 Å². The highest BCUT2D eigenvalue weighted by Gasteiger charge is 2.24. The van der Waals surface area contributed by atoms with Crippen LogP contribution in [0.2, 0.25) is 0 Å². The summed E-state index contributed by atoms with van der Waals surface area (Å²) in [5, 5.41) is 3.17. The Morgan fingerprint density at radius 2 is 1.73 bits per heavy atom. The maximum absolute atomic E-state index is 12.5. The van der Waals surface area contributed by atoms with Crippen molar-refractivity contribution in [3.8, 4) is 0 Å². The predicted octanol–water partition coefficient (Wildman–Crippen LogP) is 4.40. The van der Waals surface area contributed by atoms with Crippen molar-refractivity contribution in [2.45, 2.75) is 45.1 Å². The van der Waals surface area contributed by atoms with Gasteiger partial charge in [-0.15, -0.1) is 0 Å².